The van der Waals surface area contributed by atoms with E-state index >= 15 is 0 Å². The van der Waals surface area contributed by atoms with E-state index in [0.29, 0.717) is 0 Å². The first-order chi connectivity index (χ1) is 21.4. The third kappa shape index (κ3) is 10.6. The van der Waals surface area contributed by atoms with Crippen LogP contribution in [0.1, 0.15) is 42.5 Å². The Morgan fingerprint density at radius 1 is 0.542 bits per heavy atom. The van der Waals surface area contributed by atoms with E-state index < -0.39 is 23.5 Å². The molecule has 0 aromatic heterocycles. The summed E-state index contributed by atoms with van der Waals surface area (Å²) < 4.78 is 75.7. The van der Waals surface area contributed by atoms with E-state index in [9.17, 15) is 26.3 Å². The number of fused-ring (bicyclic) bond motifs is 2. The van der Waals surface area contributed by atoms with Crippen LogP contribution in [0.15, 0.2) is 109 Å². The first kappa shape index (κ1) is 43.2. The van der Waals surface area contributed by atoms with Crippen LogP contribution >= 0.6 is 24.8 Å². The van der Waals surface area contributed by atoms with E-state index in [2.05, 4.69) is 52.0 Å². The molecule has 6 aromatic carbocycles. The quantitative estimate of drug-likeness (QED) is 0.0941. The molecule has 0 atom stereocenters. The van der Waals surface area contributed by atoms with Gasteiger partial charge in [-0.05, 0) is 48.2 Å². The molecule has 252 valence electrons. The van der Waals surface area contributed by atoms with Crippen LogP contribution in [-0.2, 0) is 51.0 Å². The van der Waals surface area contributed by atoms with Crippen molar-refractivity contribution in [2.24, 2.45) is 0 Å². The van der Waals surface area contributed by atoms with Crippen LogP contribution in [0.5, 0.6) is 0 Å². The summed E-state index contributed by atoms with van der Waals surface area (Å²) in [5, 5.41) is 4.44. The van der Waals surface area contributed by atoms with Gasteiger partial charge in [0.1, 0.15) is 0 Å². The van der Waals surface area contributed by atoms with Crippen molar-refractivity contribution >= 4 is 46.4 Å². The number of hydrogen-bond donors (Lipinski definition) is 0. The van der Waals surface area contributed by atoms with Gasteiger partial charge in [0.25, 0.3) is 0 Å². The predicted molar refractivity (Wildman–Crippen MR) is 189 cm³/mol. The number of benzene rings is 4. The summed E-state index contributed by atoms with van der Waals surface area (Å²) >= 11 is 0. The Hall–Kier alpha value is -2.87. The third-order valence-electron chi connectivity index (χ3n) is 7.48. The molecule has 9 heteroatoms. The monoisotopic (exact) mass is 868 g/mol. The van der Waals surface area contributed by atoms with Gasteiger partial charge in [-0.2, -0.15) is 38.5 Å². The van der Waals surface area contributed by atoms with Gasteiger partial charge < -0.3 is 20.3 Å². The third-order valence-corrected chi connectivity index (χ3v) is 7.48. The Labute approximate surface area is 309 Å². The molecule has 0 saturated heterocycles. The number of aryl methyl sites for hydroxylation is 2. The van der Waals surface area contributed by atoms with E-state index in [4.69, 9.17) is 0 Å². The molecule has 0 amide bonds. The summed E-state index contributed by atoms with van der Waals surface area (Å²) in [5.74, 6) is 0. The van der Waals surface area contributed by atoms with Crippen LogP contribution < -0.4 is 0 Å². The van der Waals surface area contributed by atoms with Crippen molar-refractivity contribution in [3.63, 3.8) is 0 Å². The maximum atomic E-state index is 12.6. The predicted octanol–water partition coefficient (Wildman–Crippen LogP) is 13.5. The zero-order valence-corrected chi connectivity index (χ0v) is 31.7. The summed E-state index contributed by atoms with van der Waals surface area (Å²) in [6, 6.07) is 31.0. The van der Waals surface area contributed by atoms with Crippen LogP contribution in [0.3, 0.4) is 0 Å². The minimum Gasteiger partial charge on any atom is -0.372 e. The molecule has 0 bridgehead atoms. The molecule has 0 saturated carbocycles. The molecular formula is C39H36Cl2F6Hf. The van der Waals surface area contributed by atoms with Crippen molar-refractivity contribution in [1.29, 1.82) is 0 Å². The van der Waals surface area contributed by atoms with Crippen molar-refractivity contribution in [3.05, 3.63) is 145 Å². The molecule has 0 fully saturated rings. The number of halogens is 8. The maximum absolute atomic E-state index is 12.6. The van der Waals surface area contributed by atoms with Crippen LogP contribution in [0.25, 0.3) is 43.8 Å². The van der Waals surface area contributed by atoms with Gasteiger partial charge in [0.05, 0.1) is 11.1 Å². The van der Waals surface area contributed by atoms with Crippen LogP contribution in [0, 0.1) is 13.8 Å². The molecule has 0 aliphatic carbocycles. The van der Waals surface area contributed by atoms with E-state index in [1.807, 2.05) is 36.4 Å². The summed E-state index contributed by atoms with van der Waals surface area (Å²) in [7, 11) is 0. The first-order valence-corrected chi connectivity index (χ1v) is 14.7. The molecule has 0 nitrogen and oxygen atoms in total. The Balaban J connectivity index is 0.000000420. The fraction of sp³-hybridized carbons (Fsp3) is 0.179. The van der Waals surface area contributed by atoms with Crippen LogP contribution in [0.2, 0.25) is 0 Å². The van der Waals surface area contributed by atoms with Gasteiger partial charge in [-0.25, -0.2) is 0 Å². The maximum Gasteiger partial charge on any atom is 4.00 e. The van der Waals surface area contributed by atoms with Gasteiger partial charge in [-0.3, -0.25) is 0 Å². The van der Waals surface area contributed by atoms with Gasteiger partial charge in [0.15, 0.2) is 0 Å². The molecule has 6 aromatic rings. The largest absolute Gasteiger partial charge is 4.00 e. The fourth-order valence-electron chi connectivity index (χ4n) is 5.18. The van der Waals surface area contributed by atoms with Crippen molar-refractivity contribution < 1.29 is 52.2 Å². The zero-order valence-electron chi connectivity index (χ0n) is 26.5. The molecule has 0 spiro atoms. The SMILES string of the molecule is CCc1cc2c(-c3ccc(C(F)(F)F)cc3)cccc2[cH-]1.CCc1cc2c(-c3ccc(C(F)(F)F)cc3)cccc2[cH-]1.Cl.Cl.[CH2-]C[CH2-].[Hf+4]. The Bertz CT molecular complexity index is 1690. The van der Waals surface area contributed by atoms with Gasteiger partial charge in [-0.1, -0.05) is 61.4 Å². The average Bonchev–Trinajstić information content (AvgIpc) is 3.65. The molecule has 48 heavy (non-hydrogen) atoms. The minimum atomic E-state index is -4.29. The number of rotatable bonds is 4. The molecule has 6 rings (SSSR count). The van der Waals surface area contributed by atoms with Crippen molar-refractivity contribution in [2.45, 2.75) is 45.5 Å². The Morgan fingerprint density at radius 3 is 1.12 bits per heavy atom. The second-order valence-electron chi connectivity index (χ2n) is 10.6. The normalized spacial score (nSPS) is 10.9. The van der Waals surface area contributed by atoms with Crippen molar-refractivity contribution in [1.82, 2.24) is 0 Å². The van der Waals surface area contributed by atoms with E-state index in [1.54, 1.807) is 0 Å². The fourth-order valence-corrected chi connectivity index (χ4v) is 5.18. The molecular weight excluding hydrogens is 832 g/mol. The number of hydrogen-bond acceptors (Lipinski definition) is 0. The Kier molecular flexibility index (Phi) is 16.9. The van der Waals surface area contributed by atoms with Crippen molar-refractivity contribution in [2.75, 3.05) is 0 Å². The summed E-state index contributed by atoms with van der Waals surface area (Å²) in [5.41, 5.74) is 4.81. The molecule has 0 unspecified atom stereocenters. The van der Waals surface area contributed by atoms with Gasteiger partial charge >= 0.3 is 38.2 Å². The smallest absolute Gasteiger partial charge is 0.372 e. The van der Waals surface area contributed by atoms with Crippen LogP contribution in [-0.4, -0.2) is 0 Å². The van der Waals surface area contributed by atoms with E-state index in [1.165, 1.54) is 35.4 Å². The standard InChI is InChI=1S/2C18H14F3.C3H6.2ClH.Hf/c2*1-2-12-10-14-4-3-5-16(17(14)11-12)13-6-8-15(9-7-13)18(19,20)21;1-3-2;;;/h2*3-11H,2H2,1H3;1-3H2;2*1H;/q2*-1;-2;;;+4. The second-order valence-corrected chi connectivity index (χ2v) is 10.6. The van der Waals surface area contributed by atoms with Gasteiger partial charge in [0.2, 0.25) is 0 Å². The van der Waals surface area contributed by atoms with Crippen molar-refractivity contribution in [3.8, 4) is 22.3 Å². The average molecular weight is 868 g/mol. The molecule has 0 N–H and O–H groups in total. The summed E-state index contributed by atoms with van der Waals surface area (Å²) in [6.45, 7) is 10.9. The summed E-state index contributed by atoms with van der Waals surface area (Å²) in [4.78, 5) is 0. The van der Waals surface area contributed by atoms with Gasteiger partial charge in [0, 0.05) is 0 Å². The van der Waals surface area contributed by atoms with Crippen LogP contribution in [0.4, 0.5) is 26.3 Å². The zero-order chi connectivity index (χ0) is 32.8. The molecule has 0 aliphatic heterocycles. The summed E-state index contributed by atoms with van der Waals surface area (Å²) in [6.07, 6.45) is -5.94. The number of alkyl halides is 6. The topological polar surface area (TPSA) is 0 Å². The Morgan fingerprint density at radius 2 is 0.854 bits per heavy atom. The molecule has 0 aliphatic rings. The first-order valence-electron chi connectivity index (χ1n) is 14.7. The minimum absolute atomic E-state index is 0. The second kappa shape index (κ2) is 18.8. The van der Waals surface area contributed by atoms with E-state index in [-0.39, 0.29) is 50.7 Å². The molecule has 0 radical (unpaired) electrons. The molecule has 0 heterocycles. The van der Waals surface area contributed by atoms with Gasteiger partial charge in [-0.15, -0.1) is 93.9 Å². The van der Waals surface area contributed by atoms with E-state index in [0.717, 1.165) is 87.3 Å².